The summed E-state index contributed by atoms with van der Waals surface area (Å²) in [4.78, 5) is 11.0. The predicted octanol–water partition coefficient (Wildman–Crippen LogP) is 2.52. The summed E-state index contributed by atoms with van der Waals surface area (Å²) in [6.45, 7) is 3.27. The van der Waals surface area contributed by atoms with Gasteiger partial charge in [0.1, 0.15) is 5.82 Å². The van der Waals surface area contributed by atoms with E-state index in [1.807, 2.05) is 0 Å². The average molecular weight is 343 g/mol. The molecule has 0 bridgehead atoms. The molecule has 2 unspecified atom stereocenters. The largest absolute Gasteiger partial charge is 0.481 e. The number of tetrazole rings is 1. The molecule has 0 saturated carbocycles. The van der Waals surface area contributed by atoms with Crippen molar-refractivity contribution in [1.82, 2.24) is 20.2 Å². The van der Waals surface area contributed by atoms with E-state index in [1.165, 1.54) is 10.7 Å². The van der Waals surface area contributed by atoms with Crippen molar-refractivity contribution in [3.05, 3.63) is 28.5 Å². The van der Waals surface area contributed by atoms with Crippen LogP contribution in [0.2, 0.25) is 0 Å². The van der Waals surface area contributed by atoms with Crippen molar-refractivity contribution in [1.29, 1.82) is 0 Å². The van der Waals surface area contributed by atoms with Gasteiger partial charge in [0.05, 0.1) is 16.4 Å². The summed E-state index contributed by atoms with van der Waals surface area (Å²) in [6, 6.07) is 4.05. The number of aliphatic carboxylic acids is 1. The second kappa shape index (κ2) is 5.66. The van der Waals surface area contributed by atoms with Gasteiger partial charge in [0.25, 0.3) is 0 Å². The second-order valence-electron chi connectivity index (χ2n) is 4.44. The van der Waals surface area contributed by atoms with E-state index >= 15 is 0 Å². The van der Waals surface area contributed by atoms with Crippen molar-refractivity contribution < 1.29 is 14.3 Å². The molecule has 0 fully saturated rings. The number of benzene rings is 1. The molecule has 0 aliphatic carbocycles. The van der Waals surface area contributed by atoms with E-state index in [4.69, 9.17) is 5.11 Å². The molecule has 1 aromatic heterocycles. The number of halogens is 2. The zero-order valence-corrected chi connectivity index (χ0v) is 12.4. The molecule has 8 heteroatoms. The number of carboxylic acids is 1. The van der Waals surface area contributed by atoms with Crippen LogP contribution in [-0.2, 0) is 4.79 Å². The van der Waals surface area contributed by atoms with E-state index in [0.29, 0.717) is 15.9 Å². The van der Waals surface area contributed by atoms with Crippen molar-refractivity contribution in [3.8, 4) is 11.4 Å². The Hall–Kier alpha value is -1.83. The van der Waals surface area contributed by atoms with E-state index in [0.717, 1.165) is 0 Å². The summed E-state index contributed by atoms with van der Waals surface area (Å²) in [7, 11) is 0. The first-order valence-corrected chi connectivity index (χ1v) is 6.67. The van der Waals surface area contributed by atoms with Crippen LogP contribution in [0.3, 0.4) is 0 Å². The Bertz CT molecular complexity index is 646. The Labute approximate surface area is 122 Å². The summed E-state index contributed by atoms with van der Waals surface area (Å²) < 4.78 is 15.3. The van der Waals surface area contributed by atoms with Gasteiger partial charge in [-0.25, -0.2) is 9.07 Å². The Balaban J connectivity index is 2.42. The molecular weight excluding hydrogens is 331 g/mol. The molecule has 20 heavy (non-hydrogen) atoms. The van der Waals surface area contributed by atoms with Gasteiger partial charge < -0.3 is 5.11 Å². The van der Waals surface area contributed by atoms with Crippen LogP contribution in [0.4, 0.5) is 4.39 Å². The highest BCUT2D eigenvalue weighted by atomic mass is 79.9. The van der Waals surface area contributed by atoms with Crippen LogP contribution in [0.15, 0.2) is 22.7 Å². The summed E-state index contributed by atoms with van der Waals surface area (Å²) in [6.07, 6.45) is 0. The lowest BCUT2D eigenvalue weighted by Gasteiger charge is -2.17. The van der Waals surface area contributed by atoms with Crippen molar-refractivity contribution in [2.45, 2.75) is 19.9 Å². The highest BCUT2D eigenvalue weighted by Gasteiger charge is 2.25. The number of hydrogen-bond donors (Lipinski definition) is 1. The maximum atomic E-state index is 13.6. The second-order valence-corrected chi connectivity index (χ2v) is 5.30. The third-order valence-corrected chi connectivity index (χ3v) is 3.81. The molecule has 0 saturated heterocycles. The number of rotatable bonds is 4. The molecule has 0 radical (unpaired) electrons. The van der Waals surface area contributed by atoms with Crippen LogP contribution >= 0.6 is 15.9 Å². The first kappa shape index (κ1) is 14.6. The number of aromatic nitrogens is 4. The summed E-state index contributed by atoms with van der Waals surface area (Å²) >= 11 is 3.07. The number of hydrogen-bond acceptors (Lipinski definition) is 4. The third-order valence-electron chi connectivity index (χ3n) is 3.17. The van der Waals surface area contributed by atoms with Crippen LogP contribution in [0.5, 0.6) is 0 Å². The predicted molar refractivity (Wildman–Crippen MR) is 72.4 cm³/mol. The molecule has 6 nitrogen and oxygen atoms in total. The minimum Gasteiger partial charge on any atom is -0.481 e. The molecule has 2 rings (SSSR count). The smallest absolute Gasteiger partial charge is 0.308 e. The molecule has 1 aromatic carbocycles. The van der Waals surface area contributed by atoms with E-state index < -0.39 is 23.7 Å². The Morgan fingerprint density at radius 2 is 2.15 bits per heavy atom. The fraction of sp³-hybridized carbons (Fsp3) is 0.333. The minimum absolute atomic E-state index is 0.331. The van der Waals surface area contributed by atoms with E-state index in [9.17, 15) is 9.18 Å². The zero-order chi connectivity index (χ0) is 14.9. The number of carbonyl (C=O) groups is 1. The normalized spacial score (nSPS) is 14.0. The van der Waals surface area contributed by atoms with E-state index in [-0.39, 0.29) is 0 Å². The molecule has 0 amide bonds. The molecule has 2 aromatic rings. The molecule has 0 aliphatic rings. The molecule has 1 heterocycles. The van der Waals surface area contributed by atoms with Crippen LogP contribution in [0.1, 0.15) is 19.9 Å². The molecule has 106 valence electrons. The Kier molecular flexibility index (Phi) is 4.12. The standard InChI is InChI=1S/C12H12BrFN4O2/c1-6(12(19)20)7(2)18-11(15-16-17-18)8-3-4-9(13)10(14)5-8/h3-7H,1-2H3,(H,19,20). The topological polar surface area (TPSA) is 80.9 Å². The lowest BCUT2D eigenvalue weighted by atomic mass is 10.0. The van der Waals surface area contributed by atoms with Gasteiger partial charge >= 0.3 is 5.97 Å². The summed E-state index contributed by atoms with van der Waals surface area (Å²) in [5, 5.41) is 20.2. The van der Waals surface area contributed by atoms with Crippen molar-refractivity contribution in [2.75, 3.05) is 0 Å². The fourth-order valence-electron chi connectivity index (χ4n) is 1.71. The van der Waals surface area contributed by atoms with Crippen molar-refractivity contribution >= 4 is 21.9 Å². The van der Waals surface area contributed by atoms with Gasteiger partial charge in [-0.1, -0.05) is 0 Å². The molecule has 2 atom stereocenters. The van der Waals surface area contributed by atoms with Crippen LogP contribution in [-0.4, -0.2) is 31.3 Å². The van der Waals surface area contributed by atoms with Gasteiger partial charge in [0.15, 0.2) is 5.82 Å². The van der Waals surface area contributed by atoms with Crippen molar-refractivity contribution in [3.63, 3.8) is 0 Å². The monoisotopic (exact) mass is 342 g/mol. The average Bonchev–Trinajstić information content (AvgIpc) is 2.89. The quantitative estimate of drug-likeness (QED) is 0.923. The van der Waals surface area contributed by atoms with Crippen molar-refractivity contribution in [2.24, 2.45) is 5.92 Å². The minimum atomic E-state index is -0.944. The fourth-order valence-corrected chi connectivity index (χ4v) is 1.96. The van der Waals surface area contributed by atoms with E-state index in [1.54, 1.807) is 26.0 Å². The first-order valence-electron chi connectivity index (χ1n) is 5.88. The third kappa shape index (κ3) is 2.69. The van der Waals surface area contributed by atoms with Gasteiger partial charge in [-0.3, -0.25) is 4.79 Å². The zero-order valence-electron chi connectivity index (χ0n) is 10.8. The molecule has 0 spiro atoms. The maximum absolute atomic E-state index is 13.6. The lowest BCUT2D eigenvalue weighted by molar-refractivity contribution is -0.142. The molecule has 1 N–H and O–H groups in total. The Morgan fingerprint density at radius 3 is 2.75 bits per heavy atom. The van der Waals surface area contributed by atoms with Gasteiger partial charge in [-0.05, 0) is 58.4 Å². The van der Waals surface area contributed by atoms with Crippen LogP contribution in [0, 0.1) is 11.7 Å². The first-order chi connectivity index (χ1) is 9.41. The molecular formula is C12H12BrFN4O2. The Morgan fingerprint density at radius 1 is 1.45 bits per heavy atom. The highest BCUT2D eigenvalue weighted by molar-refractivity contribution is 9.10. The lowest BCUT2D eigenvalue weighted by Crippen LogP contribution is -2.23. The summed E-state index contributed by atoms with van der Waals surface area (Å²) in [5.41, 5.74) is 0.486. The number of nitrogens with zero attached hydrogens (tertiary/aromatic N) is 4. The number of carboxylic acid groups (broad SMARTS) is 1. The summed E-state index contributed by atoms with van der Waals surface area (Å²) in [5.74, 6) is -1.72. The highest BCUT2D eigenvalue weighted by Crippen LogP contribution is 2.26. The molecule has 0 aliphatic heterocycles. The van der Waals surface area contributed by atoms with Gasteiger partial charge in [-0.15, -0.1) is 5.10 Å². The SMILES string of the molecule is CC(C(=O)O)C(C)n1nnnc1-c1ccc(Br)c(F)c1. The maximum Gasteiger partial charge on any atom is 0.308 e. The van der Waals surface area contributed by atoms with Crippen LogP contribution in [0.25, 0.3) is 11.4 Å². The van der Waals surface area contributed by atoms with Gasteiger partial charge in [0, 0.05) is 5.56 Å². The van der Waals surface area contributed by atoms with Gasteiger partial charge in [0.2, 0.25) is 0 Å². The van der Waals surface area contributed by atoms with E-state index in [2.05, 4.69) is 31.5 Å². The van der Waals surface area contributed by atoms with Crippen LogP contribution < -0.4 is 0 Å². The van der Waals surface area contributed by atoms with Gasteiger partial charge in [-0.2, -0.15) is 0 Å².